The standard InChI is InChI=1S/C24H20F5N5O2/c1-33-22-16(20(32-33)15-10-17(24(27,28)29)19(26)21(35)18(15)25)11-30-23(31-22)34-7-8-36-14(12-34)9-13-5-3-2-4-6-13/h2-6,10-11,14,35H,7-9,12H2,1H3/t14-/m0/s1. The van der Waals surface area contributed by atoms with Crippen molar-refractivity contribution in [3.63, 3.8) is 0 Å². The molecule has 0 amide bonds. The first kappa shape index (κ1) is 23.9. The van der Waals surface area contributed by atoms with Crippen LogP contribution in [0.3, 0.4) is 0 Å². The van der Waals surface area contributed by atoms with Crippen LogP contribution in [0, 0.1) is 11.6 Å². The predicted molar refractivity (Wildman–Crippen MR) is 120 cm³/mol. The van der Waals surface area contributed by atoms with Gasteiger partial charge in [-0.2, -0.15) is 23.3 Å². The van der Waals surface area contributed by atoms with Crippen LogP contribution in [0.5, 0.6) is 5.75 Å². The van der Waals surface area contributed by atoms with Crippen molar-refractivity contribution in [1.82, 2.24) is 19.7 Å². The van der Waals surface area contributed by atoms with Crippen LogP contribution in [0.2, 0.25) is 0 Å². The van der Waals surface area contributed by atoms with Gasteiger partial charge < -0.3 is 14.7 Å². The van der Waals surface area contributed by atoms with Gasteiger partial charge in [-0.25, -0.2) is 18.4 Å². The molecular formula is C24H20F5N5O2. The summed E-state index contributed by atoms with van der Waals surface area (Å²) in [6.07, 6.45) is -3.22. The summed E-state index contributed by atoms with van der Waals surface area (Å²) in [5.41, 5.74) is -1.40. The largest absolute Gasteiger partial charge is 0.503 e. The monoisotopic (exact) mass is 505 g/mol. The molecule has 2 aromatic carbocycles. The number of hydrogen-bond acceptors (Lipinski definition) is 6. The number of benzene rings is 2. The number of alkyl halides is 3. The molecule has 1 N–H and O–H groups in total. The van der Waals surface area contributed by atoms with Crippen molar-refractivity contribution < 1.29 is 31.8 Å². The Kier molecular flexibility index (Phi) is 5.99. The SMILES string of the molecule is Cn1nc(-c2cc(C(F)(F)F)c(F)c(O)c2F)c2cnc(N3CCO[C@@H](Cc4ccccc4)C3)nc21. The number of hydrogen-bond donors (Lipinski definition) is 1. The molecule has 7 nitrogen and oxygen atoms in total. The molecular weight excluding hydrogens is 485 g/mol. The van der Waals surface area contributed by atoms with E-state index in [0.29, 0.717) is 32.1 Å². The third-order valence-corrected chi connectivity index (χ3v) is 6.03. The van der Waals surface area contributed by atoms with Gasteiger partial charge in [0.2, 0.25) is 5.95 Å². The van der Waals surface area contributed by atoms with Gasteiger partial charge >= 0.3 is 6.18 Å². The molecule has 36 heavy (non-hydrogen) atoms. The van der Waals surface area contributed by atoms with Crippen LogP contribution >= 0.6 is 0 Å². The number of ether oxygens (including phenoxy) is 1. The van der Waals surface area contributed by atoms with Crippen LogP contribution in [0.4, 0.5) is 27.9 Å². The maximum atomic E-state index is 14.7. The van der Waals surface area contributed by atoms with E-state index in [1.54, 1.807) is 0 Å². The molecule has 1 saturated heterocycles. The molecule has 1 fully saturated rings. The Morgan fingerprint density at radius 1 is 1.14 bits per heavy atom. The lowest BCUT2D eigenvalue weighted by Crippen LogP contribution is -2.44. The lowest BCUT2D eigenvalue weighted by Gasteiger charge is -2.33. The summed E-state index contributed by atoms with van der Waals surface area (Å²) in [7, 11) is 1.49. The maximum Gasteiger partial charge on any atom is 0.419 e. The minimum Gasteiger partial charge on any atom is -0.503 e. The summed E-state index contributed by atoms with van der Waals surface area (Å²) < 4.78 is 75.5. The highest BCUT2D eigenvalue weighted by Gasteiger charge is 2.38. The number of aryl methyl sites for hydroxylation is 1. The van der Waals surface area contributed by atoms with Crippen LogP contribution in [-0.2, 0) is 24.4 Å². The van der Waals surface area contributed by atoms with Crippen LogP contribution in [-0.4, -0.2) is 50.7 Å². The summed E-state index contributed by atoms with van der Waals surface area (Å²) in [6, 6.07) is 10.2. The molecule has 1 aliphatic rings. The first-order chi connectivity index (χ1) is 17.1. The van der Waals surface area contributed by atoms with Crippen LogP contribution in [0.1, 0.15) is 11.1 Å². The molecule has 0 radical (unpaired) electrons. The normalized spacial score (nSPS) is 16.6. The second kappa shape index (κ2) is 9.01. The first-order valence-corrected chi connectivity index (χ1v) is 11.0. The van der Waals surface area contributed by atoms with Gasteiger partial charge in [0.05, 0.1) is 23.7 Å². The zero-order valence-corrected chi connectivity index (χ0v) is 18.9. The zero-order valence-electron chi connectivity index (χ0n) is 18.9. The number of aromatic nitrogens is 4. The van der Waals surface area contributed by atoms with E-state index in [4.69, 9.17) is 4.74 Å². The van der Waals surface area contributed by atoms with E-state index >= 15 is 0 Å². The number of aromatic hydroxyl groups is 1. The summed E-state index contributed by atoms with van der Waals surface area (Å²) in [6.45, 7) is 1.49. The van der Waals surface area contributed by atoms with Crippen molar-refractivity contribution in [2.45, 2.75) is 18.7 Å². The maximum absolute atomic E-state index is 14.7. The van der Waals surface area contributed by atoms with Gasteiger partial charge in [0.15, 0.2) is 23.0 Å². The summed E-state index contributed by atoms with van der Waals surface area (Å²) in [5, 5.41) is 13.9. The molecule has 0 bridgehead atoms. The Bertz CT molecular complexity index is 1420. The Morgan fingerprint density at radius 2 is 1.89 bits per heavy atom. The molecule has 5 rings (SSSR count). The van der Waals surface area contributed by atoms with E-state index < -0.39 is 34.7 Å². The number of phenols is 1. The summed E-state index contributed by atoms with van der Waals surface area (Å²) in [4.78, 5) is 10.8. The van der Waals surface area contributed by atoms with Crippen molar-refractivity contribution in [3.8, 4) is 17.0 Å². The van der Waals surface area contributed by atoms with Gasteiger partial charge in [0.1, 0.15) is 5.69 Å². The molecule has 3 heterocycles. The first-order valence-electron chi connectivity index (χ1n) is 11.0. The highest BCUT2D eigenvalue weighted by atomic mass is 19.4. The average molecular weight is 505 g/mol. The van der Waals surface area contributed by atoms with Gasteiger partial charge in [-0.05, 0) is 11.6 Å². The predicted octanol–water partition coefficient (Wildman–Crippen LogP) is 4.48. The van der Waals surface area contributed by atoms with Gasteiger partial charge in [0.25, 0.3) is 0 Å². The molecule has 0 unspecified atom stereocenters. The van der Waals surface area contributed by atoms with Crippen LogP contribution < -0.4 is 4.90 Å². The minimum atomic E-state index is -5.15. The molecule has 0 aliphatic carbocycles. The lowest BCUT2D eigenvalue weighted by atomic mass is 10.0. The fourth-order valence-corrected chi connectivity index (χ4v) is 4.28. The van der Waals surface area contributed by atoms with Crippen molar-refractivity contribution in [2.24, 2.45) is 7.05 Å². The molecule has 1 aliphatic heterocycles. The molecule has 12 heteroatoms. The number of halogens is 5. The highest BCUT2D eigenvalue weighted by molar-refractivity contribution is 5.91. The van der Waals surface area contributed by atoms with E-state index in [1.165, 1.54) is 17.9 Å². The second-order valence-corrected chi connectivity index (χ2v) is 8.45. The quantitative estimate of drug-likeness (QED) is 0.413. The van der Waals surface area contributed by atoms with Crippen molar-refractivity contribution in [1.29, 1.82) is 0 Å². The Hall–Kier alpha value is -3.80. The van der Waals surface area contributed by atoms with Crippen molar-refractivity contribution >= 4 is 17.0 Å². The van der Waals surface area contributed by atoms with Crippen LogP contribution in [0.15, 0.2) is 42.6 Å². The van der Waals surface area contributed by atoms with E-state index in [2.05, 4.69) is 15.1 Å². The van der Waals surface area contributed by atoms with Crippen molar-refractivity contribution in [2.75, 3.05) is 24.6 Å². The molecule has 0 saturated carbocycles. The lowest BCUT2D eigenvalue weighted by molar-refractivity contribution is -0.140. The third kappa shape index (κ3) is 4.32. The fourth-order valence-electron chi connectivity index (χ4n) is 4.28. The van der Waals surface area contributed by atoms with E-state index in [1.807, 2.05) is 35.2 Å². The number of fused-ring (bicyclic) bond motifs is 1. The molecule has 2 aromatic heterocycles. The number of rotatable bonds is 4. The molecule has 1 atom stereocenters. The van der Waals surface area contributed by atoms with E-state index in [0.717, 1.165) is 5.56 Å². The van der Waals surface area contributed by atoms with Gasteiger partial charge in [-0.1, -0.05) is 30.3 Å². The Balaban J connectivity index is 1.49. The fraction of sp³-hybridized carbons (Fsp3) is 0.292. The van der Waals surface area contributed by atoms with E-state index in [-0.39, 0.29) is 28.9 Å². The minimum absolute atomic E-state index is 0.0976. The third-order valence-electron chi connectivity index (χ3n) is 6.03. The summed E-state index contributed by atoms with van der Waals surface area (Å²) >= 11 is 0. The number of phenolic OH excluding ortho intramolecular Hbond substituents is 1. The van der Waals surface area contributed by atoms with Gasteiger partial charge in [-0.15, -0.1) is 0 Å². The number of anilines is 1. The highest BCUT2D eigenvalue weighted by Crippen LogP contribution is 2.41. The smallest absolute Gasteiger partial charge is 0.419 e. The number of morpholine rings is 1. The molecule has 0 spiro atoms. The Labute approximate surface area is 201 Å². The van der Waals surface area contributed by atoms with E-state index in [9.17, 15) is 27.1 Å². The van der Waals surface area contributed by atoms with Crippen LogP contribution in [0.25, 0.3) is 22.3 Å². The average Bonchev–Trinajstić information content (AvgIpc) is 3.18. The van der Waals surface area contributed by atoms with Gasteiger partial charge in [0, 0.05) is 38.3 Å². The number of nitrogens with zero attached hydrogens (tertiary/aromatic N) is 5. The van der Waals surface area contributed by atoms with Gasteiger partial charge in [-0.3, -0.25) is 0 Å². The topological polar surface area (TPSA) is 76.3 Å². The van der Waals surface area contributed by atoms with Crippen molar-refractivity contribution in [3.05, 3.63) is 65.4 Å². The molecule has 188 valence electrons. The second-order valence-electron chi connectivity index (χ2n) is 8.45. The molecule has 4 aromatic rings. The summed E-state index contributed by atoms with van der Waals surface area (Å²) in [5.74, 6) is -5.01. The Morgan fingerprint density at radius 3 is 2.61 bits per heavy atom. The zero-order chi connectivity index (χ0) is 25.6.